The summed E-state index contributed by atoms with van der Waals surface area (Å²) < 4.78 is 52.2. The van der Waals surface area contributed by atoms with Crippen molar-refractivity contribution in [1.82, 2.24) is 0 Å². The molecule has 4 atom stereocenters. The van der Waals surface area contributed by atoms with E-state index in [9.17, 15) is 8.42 Å². The van der Waals surface area contributed by atoms with Gasteiger partial charge in [0, 0.05) is 5.88 Å². The van der Waals surface area contributed by atoms with Gasteiger partial charge in [-0.05, 0) is 25.8 Å². The smallest absolute Gasteiger partial charge is 0.264 e. The first-order valence-corrected chi connectivity index (χ1v) is 11.1. The van der Waals surface area contributed by atoms with Crippen LogP contribution in [0.2, 0.25) is 0 Å². The zero-order valence-electron chi connectivity index (χ0n) is 15.6. The molecule has 1 aromatic rings. The van der Waals surface area contributed by atoms with Crippen molar-refractivity contribution in [2.45, 2.75) is 56.8 Å². The molecule has 7 nitrogen and oxygen atoms in total. The van der Waals surface area contributed by atoms with Crippen LogP contribution in [-0.2, 0) is 39.9 Å². The first-order chi connectivity index (χ1) is 12.6. The van der Waals surface area contributed by atoms with Crippen LogP contribution in [0.5, 0.6) is 0 Å². The monoisotopic (exact) mass is 420 g/mol. The highest BCUT2D eigenvalue weighted by atomic mass is 35.5. The van der Waals surface area contributed by atoms with Crippen molar-refractivity contribution in [3.05, 3.63) is 35.9 Å². The van der Waals surface area contributed by atoms with E-state index < -0.39 is 40.0 Å². The average Bonchev–Trinajstić information content (AvgIpc) is 3.01. The van der Waals surface area contributed by atoms with Crippen LogP contribution in [0.25, 0.3) is 0 Å². The minimum atomic E-state index is -3.67. The highest BCUT2D eigenvalue weighted by Gasteiger charge is 2.62. The van der Waals surface area contributed by atoms with Crippen molar-refractivity contribution in [2.75, 3.05) is 18.7 Å². The van der Waals surface area contributed by atoms with Crippen LogP contribution in [0.15, 0.2) is 30.3 Å². The van der Waals surface area contributed by atoms with Gasteiger partial charge in [-0.3, -0.25) is 4.18 Å². The van der Waals surface area contributed by atoms with E-state index >= 15 is 0 Å². The molecule has 0 radical (unpaired) electrons. The molecular formula is C18H25ClO7S. The predicted molar refractivity (Wildman–Crippen MR) is 98.8 cm³/mol. The molecule has 0 aromatic heterocycles. The van der Waals surface area contributed by atoms with Crippen LogP contribution in [0.4, 0.5) is 0 Å². The highest BCUT2D eigenvalue weighted by molar-refractivity contribution is 7.85. The molecule has 2 aliphatic rings. The van der Waals surface area contributed by atoms with E-state index in [1.807, 2.05) is 30.3 Å². The Balaban J connectivity index is 1.84. The lowest BCUT2D eigenvalue weighted by Gasteiger charge is -2.35. The van der Waals surface area contributed by atoms with Crippen molar-refractivity contribution in [3.63, 3.8) is 0 Å². The van der Waals surface area contributed by atoms with Gasteiger partial charge in [-0.2, -0.15) is 8.42 Å². The summed E-state index contributed by atoms with van der Waals surface area (Å²) in [7, 11) is -3.67. The normalized spacial score (nSPS) is 32.5. The molecule has 3 rings (SSSR count). The van der Waals surface area contributed by atoms with Crippen LogP contribution in [-0.4, -0.2) is 57.0 Å². The Kier molecular flexibility index (Phi) is 6.17. The number of rotatable bonds is 8. The molecule has 27 heavy (non-hydrogen) atoms. The summed E-state index contributed by atoms with van der Waals surface area (Å²) in [5.41, 5.74) is -0.117. The molecule has 0 amide bonds. The first kappa shape index (κ1) is 21.0. The molecule has 1 aromatic carbocycles. The van der Waals surface area contributed by atoms with Crippen molar-refractivity contribution < 1.29 is 31.5 Å². The largest absolute Gasteiger partial charge is 0.367 e. The lowest BCUT2D eigenvalue weighted by atomic mass is 9.93. The summed E-state index contributed by atoms with van der Waals surface area (Å²) >= 11 is 5.99. The van der Waals surface area contributed by atoms with Crippen LogP contribution >= 0.6 is 11.6 Å². The van der Waals surface area contributed by atoms with Crippen LogP contribution < -0.4 is 0 Å². The van der Waals surface area contributed by atoms with Gasteiger partial charge in [-0.25, -0.2) is 0 Å². The van der Waals surface area contributed by atoms with Gasteiger partial charge in [0.05, 0.1) is 19.5 Å². The zero-order valence-corrected chi connectivity index (χ0v) is 17.2. The van der Waals surface area contributed by atoms with Gasteiger partial charge >= 0.3 is 0 Å². The second-order valence-electron chi connectivity index (χ2n) is 7.27. The van der Waals surface area contributed by atoms with Crippen molar-refractivity contribution in [1.29, 1.82) is 0 Å². The van der Waals surface area contributed by atoms with Crippen molar-refractivity contribution in [2.24, 2.45) is 0 Å². The molecule has 0 unspecified atom stereocenters. The van der Waals surface area contributed by atoms with Gasteiger partial charge in [0.15, 0.2) is 12.1 Å². The first-order valence-electron chi connectivity index (χ1n) is 8.73. The topological polar surface area (TPSA) is 80.3 Å². The van der Waals surface area contributed by atoms with Gasteiger partial charge in [0.25, 0.3) is 10.1 Å². The molecule has 9 heteroatoms. The van der Waals surface area contributed by atoms with E-state index in [-0.39, 0.29) is 12.5 Å². The molecule has 2 heterocycles. The van der Waals surface area contributed by atoms with E-state index in [4.69, 9.17) is 34.7 Å². The fraction of sp³-hybridized carbons (Fsp3) is 0.667. The summed E-state index contributed by atoms with van der Waals surface area (Å²) in [6.45, 7) is 3.67. The number of ether oxygens (including phenoxy) is 4. The summed E-state index contributed by atoms with van der Waals surface area (Å²) in [6.07, 6.45) is -0.496. The van der Waals surface area contributed by atoms with Gasteiger partial charge < -0.3 is 18.9 Å². The summed E-state index contributed by atoms with van der Waals surface area (Å²) in [6, 6.07) is 9.65. The Labute approximate surface area is 165 Å². The van der Waals surface area contributed by atoms with Gasteiger partial charge in [0.2, 0.25) is 0 Å². The SMILES string of the molecule is CC1(C)O[C@H]2O[C@@](CCCl)(COS(C)(=O)=O)[C@H](OCc3ccccc3)[C@H]2O1. The maximum absolute atomic E-state index is 11.6. The maximum Gasteiger partial charge on any atom is 0.264 e. The molecule has 0 aliphatic carbocycles. The number of alkyl halides is 1. The average molecular weight is 421 g/mol. The van der Waals surface area contributed by atoms with E-state index in [1.165, 1.54) is 0 Å². The maximum atomic E-state index is 11.6. The number of fused-ring (bicyclic) bond motifs is 1. The zero-order chi connectivity index (χ0) is 19.7. The lowest BCUT2D eigenvalue weighted by Crippen LogP contribution is -2.50. The minimum Gasteiger partial charge on any atom is -0.367 e. The second kappa shape index (κ2) is 7.94. The molecular weight excluding hydrogens is 396 g/mol. The fourth-order valence-electron chi connectivity index (χ4n) is 3.41. The molecule has 152 valence electrons. The standard InChI is InChI=1S/C18H25ClO7S/c1-17(2)24-14-15(22-11-13-7-5-4-6-8-13)18(9-10-19,26-16(14)25-17)12-23-27(3,20)21/h4-8,14-16H,9-12H2,1-3H3/t14-,15-,16+,18+/m1/s1. The van der Waals surface area contributed by atoms with E-state index in [2.05, 4.69) is 0 Å². The van der Waals surface area contributed by atoms with E-state index in [0.29, 0.717) is 13.0 Å². The predicted octanol–water partition coefficient (Wildman–Crippen LogP) is 2.42. The summed E-state index contributed by atoms with van der Waals surface area (Å²) in [5.74, 6) is -0.588. The quantitative estimate of drug-likeness (QED) is 0.472. The number of benzene rings is 1. The molecule has 2 aliphatic heterocycles. The Hall–Kier alpha value is -0.740. The van der Waals surface area contributed by atoms with Gasteiger partial charge in [-0.1, -0.05) is 30.3 Å². The van der Waals surface area contributed by atoms with Crippen molar-refractivity contribution >= 4 is 21.7 Å². The second-order valence-corrected chi connectivity index (χ2v) is 9.30. The Morgan fingerprint density at radius 1 is 1.15 bits per heavy atom. The Bertz CT molecular complexity index is 739. The molecule has 0 bridgehead atoms. The minimum absolute atomic E-state index is 0.224. The number of hydrogen-bond acceptors (Lipinski definition) is 7. The molecule has 0 N–H and O–H groups in total. The van der Waals surface area contributed by atoms with Crippen LogP contribution in [0.3, 0.4) is 0 Å². The summed E-state index contributed by atoms with van der Waals surface area (Å²) in [5, 5.41) is 0. The highest BCUT2D eigenvalue weighted by Crippen LogP contribution is 2.45. The van der Waals surface area contributed by atoms with Crippen LogP contribution in [0, 0.1) is 0 Å². The fourth-order valence-corrected chi connectivity index (χ4v) is 4.15. The summed E-state index contributed by atoms with van der Waals surface area (Å²) in [4.78, 5) is 0. The van der Waals surface area contributed by atoms with E-state index in [1.54, 1.807) is 13.8 Å². The molecule has 0 saturated carbocycles. The third kappa shape index (κ3) is 5.00. The molecule has 2 saturated heterocycles. The van der Waals surface area contributed by atoms with Gasteiger partial charge in [0.1, 0.15) is 17.8 Å². The third-order valence-electron chi connectivity index (χ3n) is 4.56. The number of halogens is 1. The van der Waals surface area contributed by atoms with Gasteiger partial charge in [-0.15, -0.1) is 11.6 Å². The third-order valence-corrected chi connectivity index (χ3v) is 5.30. The molecule has 2 fully saturated rings. The molecule has 0 spiro atoms. The Morgan fingerprint density at radius 3 is 2.48 bits per heavy atom. The van der Waals surface area contributed by atoms with Crippen molar-refractivity contribution in [3.8, 4) is 0 Å². The Morgan fingerprint density at radius 2 is 1.85 bits per heavy atom. The number of hydrogen-bond donors (Lipinski definition) is 0. The lowest BCUT2D eigenvalue weighted by molar-refractivity contribution is -0.250. The van der Waals surface area contributed by atoms with Crippen LogP contribution in [0.1, 0.15) is 25.8 Å². The van der Waals surface area contributed by atoms with E-state index in [0.717, 1.165) is 11.8 Å².